The molecule has 0 spiro atoms. The van der Waals surface area contributed by atoms with Crippen molar-refractivity contribution in [1.29, 1.82) is 5.26 Å². The van der Waals surface area contributed by atoms with E-state index in [1.54, 1.807) is 19.1 Å². The Morgan fingerprint density at radius 1 is 1.92 bits per heavy atom. The molecule has 0 fully saturated rings. The van der Waals surface area contributed by atoms with Crippen LogP contribution in [0.15, 0.2) is 10.6 Å². The van der Waals surface area contributed by atoms with Gasteiger partial charge in [-0.05, 0) is 6.92 Å². The van der Waals surface area contributed by atoms with Crippen LogP contribution in [-0.4, -0.2) is 11.1 Å². The molecule has 0 aromatic carbocycles. The van der Waals surface area contributed by atoms with Gasteiger partial charge in [-0.15, -0.1) is 0 Å². The minimum absolute atomic E-state index is 0.181. The lowest BCUT2D eigenvalue weighted by molar-refractivity contribution is -0.115. The molecule has 12 heavy (non-hydrogen) atoms. The van der Waals surface area contributed by atoms with Gasteiger partial charge in [0, 0.05) is 6.07 Å². The van der Waals surface area contributed by atoms with Crippen LogP contribution in [0.1, 0.15) is 12.1 Å². The molecule has 0 aliphatic rings. The summed E-state index contributed by atoms with van der Waals surface area (Å²) in [4.78, 5) is 10.8. The van der Waals surface area contributed by atoms with Crippen molar-refractivity contribution < 1.29 is 9.32 Å². The van der Waals surface area contributed by atoms with Gasteiger partial charge in [0.2, 0.25) is 11.8 Å². The lowest BCUT2D eigenvalue weighted by Crippen LogP contribution is -2.09. The fourth-order valence-electron chi connectivity index (χ4n) is 0.676. The minimum Gasteiger partial charge on any atom is -0.338 e. The van der Waals surface area contributed by atoms with Crippen LogP contribution in [0, 0.1) is 18.3 Å². The number of nitrogens with zero attached hydrogens (tertiary/aromatic N) is 2. The molecular formula is C7H7N3O2. The Hall–Kier alpha value is -1.83. The number of nitriles is 1. The zero-order chi connectivity index (χ0) is 8.97. The maximum Gasteiger partial charge on any atom is 0.240 e. The Kier molecular flexibility index (Phi) is 2.43. The molecule has 0 bridgehead atoms. The van der Waals surface area contributed by atoms with E-state index in [2.05, 4.69) is 15.0 Å². The molecule has 5 nitrogen and oxygen atoms in total. The van der Waals surface area contributed by atoms with Gasteiger partial charge in [0.05, 0.1) is 11.8 Å². The van der Waals surface area contributed by atoms with Gasteiger partial charge in [-0.2, -0.15) is 5.26 Å². The number of carbonyl (C=O) groups is 1. The fraction of sp³-hybridized carbons (Fsp3) is 0.286. The highest BCUT2D eigenvalue weighted by Gasteiger charge is 2.04. The summed E-state index contributed by atoms with van der Waals surface area (Å²) in [5.74, 6) is -0.124. The predicted octanol–water partition coefficient (Wildman–Crippen LogP) is 0.835. The van der Waals surface area contributed by atoms with Gasteiger partial charge >= 0.3 is 0 Å². The zero-order valence-electron chi connectivity index (χ0n) is 6.50. The van der Waals surface area contributed by atoms with Crippen LogP contribution in [0.3, 0.4) is 0 Å². The maximum atomic E-state index is 10.8. The van der Waals surface area contributed by atoms with E-state index in [0.29, 0.717) is 5.69 Å². The normalized spacial score (nSPS) is 9.00. The van der Waals surface area contributed by atoms with Crippen molar-refractivity contribution in [3.63, 3.8) is 0 Å². The molecule has 1 rings (SSSR count). The third kappa shape index (κ3) is 2.09. The third-order valence-electron chi connectivity index (χ3n) is 1.13. The number of aromatic nitrogens is 1. The average Bonchev–Trinajstić information content (AvgIpc) is 2.36. The summed E-state index contributed by atoms with van der Waals surface area (Å²) in [7, 11) is 0. The second kappa shape index (κ2) is 3.53. The van der Waals surface area contributed by atoms with Gasteiger partial charge in [-0.3, -0.25) is 10.1 Å². The summed E-state index contributed by atoms with van der Waals surface area (Å²) in [6.07, 6.45) is -0.181. The Bertz CT molecular complexity index is 324. The van der Waals surface area contributed by atoms with E-state index in [-0.39, 0.29) is 12.3 Å². The van der Waals surface area contributed by atoms with E-state index < -0.39 is 5.91 Å². The van der Waals surface area contributed by atoms with Crippen LogP contribution in [-0.2, 0) is 4.79 Å². The zero-order valence-corrected chi connectivity index (χ0v) is 6.50. The molecule has 1 aromatic heterocycles. The Labute approximate surface area is 69.0 Å². The summed E-state index contributed by atoms with van der Waals surface area (Å²) in [6.45, 7) is 1.74. The van der Waals surface area contributed by atoms with Crippen molar-refractivity contribution in [1.82, 2.24) is 5.16 Å². The standard InChI is InChI=1S/C7H7N3O2/c1-5-4-7(12-10-5)9-6(11)2-3-8/h4H,2H2,1H3,(H,9,11). The largest absolute Gasteiger partial charge is 0.338 e. The third-order valence-corrected chi connectivity index (χ3v) is 1.13. The molecule has 0 saturated heterocycles. The molecule has 0 unspecified atom stereocenters. The molecule has 1 aromatic rings. The van der Waals surface area contributed by atoms with Crippen molar-refractivity contribution >= 4 is 11.8 Å². The SMILES string of the molecule is Cc1cc(NC(=O)CC#N)on1. The van der Waals surface area contributed by atoms with Gasteiger partial charge in [-0.25, -0.2) is 0 Å². The van der Waals surface area contributed by atoms with Crippen molar-refractivity contribution in [2.45, 2.75) is 13.3 Å². The Morgan fingerprint density at radius 2 is 2.67 bits per heavy atom. The maximum absolute atomic E-state index is 10.8. The molecule has 0 aliphatic carbocycles. The van der Waals surface area contributed by atoms with Gasteiger partial charge in [-0.1, -0.05) is 5.16 Å². The summed E-state index contributed by atoms with van der Waals surface area (Å²) < 4.78 is 4.69. The molecule has 0 radical (unpaired) electrons. The van der Waals surface area contributed by atoms with Gasteiger partial charge < -0.3 is 4.52 Å². The number of hydrogen-bond acceptors (Lipinski definition) is 4. The number of rotatable bonds is 2. The van der Waals surface area contributed by atoms with Gasteiger partial charge in [0.1, 0.15) is 6.42 Å². The van der Waals surface area contributed by atoms with Crippen molar-refractivity contribution in [2.75, 3.05) is 5.32 Å². The Balaban J connectivity index is 2.53. The quantitative estimate of drug-likeness (QED) is 0.704. The van der Waals surface area contributed by atoms with Crippen LogP contribution in [0.2, 0.25) is 0 Å². The fourth-order valence-corrected chi connectivity index (χ4v) is 0.676. The van der Waals surface area contributed by atoms with E-state index in [1.807, 2.05) is 0 Å². The summed E-state index contributed by atoms with van der Waals surface area (Å²) in [6, 6.07) is 3.30. The summed E-state index contributed by atoms with van der Waals surface area (Å²) >= 11 is 0. The second-order valence-electron chi connectivity index (χ2n) is 2.22. The highest BCUT2D eigenvalue weighted by molar-refractivity contribution is 5.90. The van der Waals surface area contributed by atoms with Gasteiger partial charge in [0.25, 0.3) is 0 Å². The van der Waals surface area contributed by atoms with E-state index in [1.165, 1.54) is 0 Å². The first-order valence-electron chi connectivity index (χ1n) is 3.32. The van der Waals surface area contributed by atoms with Crippen molar-refractivity contribution in [3.05, 3.63) is 11.8 Å². The number of nitrogens with one attached hydrogen (secondary N) is 1. The Morgan fingerprint density at radius 3 is 3.17 bits per heavy atom. The van der Waals surface area contributed by atoms with Crippen LogP contribution in [0.4, 0.5) is 5.88 Å². The summed E-state index contributed by atoms with van der Waals surface area (Å²) in [5.41, 5.74) is 0.683. The monoisotopic (exact) mass is 165 g/mol. The first-order valence-corrected chi connectivity index (χ1v) is 3.32. The first kappa shape index (κ1) is 8.27. The number of anilines is 1. The number of aryl methyl sites for hydroxylation is 1. The van der Waals surface area contributed by atoms with Gasteiger partial charge in [0.15, 0.2) is 0 Å². The second-order valence-corrected chi connectivity index (χ2v) is 2.22. The molecule has 1 amide bonds. The van der Waals surface area contributed by atoms with E-state index in [0.717, 1.165) is 0 Å². The topological polar surface area (TPSA) is 78.9 Å². The van der Waals surface area contributed by atoms with Crippen LogP contribution < -0.4 is 5.32 Å². The number of carbonyl (C=O) groups excluding carboxylic acids is 1. The predicted molar refractivity (Wildman–Crippen MR) is 40.1 cm³/mol. The van der Waals surface area contributed by atoms with E-state index in [9.17, 15) is 4.79 Å². The molecule has 0 atom stereocenters. The molecule has 5 heteroatoms. The summed E-state index contributed by atoms with van der Waals surface area (Å²) in [5, 5.41) is 14.1. The van der Waals surface area contributed by atoms with E-state index in [4.69, 9.17) is 5.26 Å². The first-order chi connectivity index (χ1) is 5.72. The van der Waals surface area contributed by atoms with Crippen molar-refractivity contribution in [2.24, 2.45) is 0 Å². The smallest absolute Gasteiger partial charge is 0.240 e. The lowest BCUT2D eigenvalue weighted by Gasteiger charge is -1.93. The number of amides is 1. The van der Waals surface area contributed by atoms with Crippen LogP contribution >= 0.6 is 0 Å². The molecule has 62 valence electrons. The number of hydrogen-bond donors (Lipinski definition) is 1. The minimum atomic E-state index is -0.395. The van der Waals surface area contributed by atoms with Crippen LogP contribution in [0.25, 0.3) is 0 Å². The van der Waals surface area contributed by atoms with Crippen LogP contribution in [0.5, 0.6) is 0 Å². The van der Waals surface area contributed by atoms with E-state index >= 15 is 0 Å². The molecule has 1 heterocycles. The molecular weight excluding hydrogens is 158 g/mol. The molecule has 0 saturated carbocycles. The molecule has 0 aliphatic heterocycles. The highest BCUT2D eigenvalue weighted by atomic mass is 16.5. The molecule has 1 N–H and O–H groups in total. The lowest BCUT2D eigenvalue weighted by atomic mass is 10.4. The highest BCUT2D eigenvalue weighted by Crippen LogP contribution is 2.07. The van der Waals surface area contributed by atoms with Crippen molar-refractivity contribution in [3.8, 4) is 6.07 Å². The average molecular weight is 165 g/mol.